The molecule has 0 radical (unpaired) electrons. The maximum absolute atomic E-state index is 10.3. The number of hydrogen-bond acceptors (Lipinski definition) is 6. The molecule has 7 heteroatoms. The van der Waals surface area contributed by atoms with Gasteiger partial charge in [0.1, 0.15) is 0 Å². The summed E-state index contributed by atoms with van der Waals surface area (Å²) < 4.78 is 6.78. The number of aliphatic imine (C=N–C) groups is 1. The van der Waals surface area contributed by atoms with E-state index in [0.29, 0.717) is 0 Å². The first-order chi connectivity index (χ1) is 12.0. The molecule has 1 fully saturated rings. The van der Waals surface area contributed by atoms with Crippen molar-refractivity contribution in [2.24, 2.45) is 4.99 Å². The highest BCUT2D eigenvalue weighted by molar-refractivity contribution is 9.10. The van der Waals surface area contributed by atoms with Crippen molar-refractivity contribution in [1.29, 1.82) is 0 Å². The lowest BCUT2D eigenvalue weighted by Gasteiger charge is -2.35. The second kappa shape index (κ2) is 6.55. The van der Waals surface area contributed by atoms with E-state index >= 15 is 0 Å². The number of ether oxygens (including phenoxy) is 1. The van der Waals surface area contributed by atoms with Crippen LogP contribution in [0.2, 0.25) is 0 Å². The summed E-state index contributed by atoms with van der Waals surface area (Å²) in [5, 5.41) is 11.1. The van der Waals surface area contributed by atoms with Crippen LogP contribution in [0.1, 0.15) is 24.3 Å². The zero-order chi connectivity index (χ0) is 17.6. The lowest BCUT2D eigenvalue weighted by Crippen LogP contribution is -2.45. The van der Waals surface area contributed by atoms with Crippen molar-refractivity contribution in [3.05, 3.63) is 33.1 Å². The average Bonchev–Trinajstić information content (AvgIpc) is 3.11. The van der Waals surface area contributed by atoms with Gasteiger partial charge >= 0.3 is 0 Å². The number of morpholine rings is 1. The monoisotopic (exact) mass is 419 g/mol. The molecule has 25 heavy (non-hydrogen) atoms. The van der Waals surface area contributed by atoms with Crippen molar-refractivity contribution in [3.63, 3.8) is 0 Å². The van der Waals surface area contributed by atoms with Gasteiger partial charge in [-0.05, 0) is 38.1 Å². The summed E-state index contributed by atoms with van der Waals surface area (Å²) in [6, 6.07) is 5.99. The number of aromatic hydroxyl groups is 1. The maximum Gasteiger partial charge on any atom is 0.231 e. The molecule has 2 atom stereocenters. The molecule has 2 aliphatic rings. The third-order valence-corrected chi connectivity index (χ3v) is 5.76. The van der Waals surface area contributed by atoms with Crippen LogP contribution >= 0.6 is 27.3 Å². The van der Waals surface area contributed by atoms with Crippen molar-refractivity contribution in [3.8, 4) is 5.88 Å². The molecule has 0 saturated carbocycles. The highest BCUT2D eigenvalue weighted by atomic mass is 79.9. The molecule has 0 spiro atoms. The van der Waals surface area contributed by atoms with Gasteiger partial charge in [-0.3, -0.25) is 4.99 Å². The van der Waals surface area contributed by atoms with Gasteiger partial charge in [-0.15, -0.1) is 0 Å². The molecular weight excluding hydrogens is 402 g/mol. The first-order valence-electron chi connectivity index (χ1n) is 8.15. The van der Waals surface area contributed by atoms with Gasteiger partial charge in [-0.1, -0.05) is 27.3 Å². The molecular formula is C18H18BrN3O2S. The average molecular weight is 420 g/mol. The number of benzene rings is 1. The standard InChI is InChI=1S/C18H18BrN3O2S/c1-10-8-22(9-11(2)24-10)18-21-17(23)16(25-18)5-12-7-20-15-4-3-13(19)6-14(12)15/h3-7,10-11,23H,8-9H2,1-2H3/b12-5+/t10-,11-/m0/s1. The Morgan fingerprint density at radius 3 is 2.84 bits per heavy atom. The summed E-state index contributed by atoms with van der Waals surface area (Å²) >= 11 is 4.99. The number of rotatable bonds is 2. The Labute approximate surface area is 158 Å². The van der Waals surface area contributed by atoms with E-state index < -0.39 is 0 Å². The lowest BCUT2D eigenvalue weighted by atomic mass is 10.1. The Kier molecular flexibility index (Phi) is 4.39. The largest absolute Gasteiger partial charge is 0.492 e. The van der Waals surface area contributed by atoms with Crippen molar-refractivity contribution >= 4 is 55.9 Å². The number of thiazole rings is 1. The van der Waals surface area contributed by atoms with Gasteiger partial charge in [0.05, 0.1) is 22.8 Å². The molecule has 1 aromatic carbocycles. The minimum absolute atomic E-state index is 0.0659. The SMILES string of the molecule is C[C@H]1CN(c2nc(O)c(/C=C3\C=Nc4ccc(Br)cc43)s2)C[C@H](C)O1. The molecule has 1 saturated heterocycles. The molecule has 0 unspecified atom stereocenters. The zero-order valence-corrected chi connectivity index (χ0v) is 16.3. The summed E-state index contributed by atoms with van der Waals surface area (Å²) in [7, 11) is 0. The molecule has 3 heterocycles. The van der Waals surface area contributed by atoms with E-state index in [1.165, 1.54) is 11.3 Å². The van der Waals surface area contributed by atoms with E-state index in [1.807, 2.05) is 30.5 Å². The predicted molar refractivity (Wildman–Crippen MR) is 106 cm³/mol. The minimum atomic E-state index is 0.0659. The van der Waals surface area contributed by atoms with Gasteiger partial charge in [0, 0.05) is 34.9 Å². The van der Waals surface area contributed by atoms with Crippen LogP contribution in [0.4, 0.5) is 10.8 Å². The van der Waals surface area contributed by atoms with Gasteiger partial charge in [0.2, 0.25) is 5.88 Å². The highest BCUT2D eigenvalue weighted by Gasteiger charge is 2.25. The highest BCUT2D eigenvalue weighted by Crippen LogP contribution is 2.38. The minimum Gasteiger partial charge on any atom is -0.492 e. The van der Waals surface area contributed by atoms with E-state index in [0.717, 1.165) is 44.4 Å². The fourth-order valence-corrected chi connectivity index (χ4v) is 4.48. The van der Waals surface area contributed by atoms with Gasteiger partial charge in [-0.2, -0.15) is 4.98 Å². The quantitative estimate of drug-likeness (QED) is 0.779. The third kappa shape index (κ3) is 3.36. The molecule has 130 valence electrons. The summed E-state index contributed by atoms with van der Waals surface area (Å²) in [5.74, 6) is 0.0659. The van der Waals surface area contributed by atoms with Gasteiger partial charge in [0.15, 0.2) is 5.13 Å². The van der Waals surface area contributed by atoms with Crippen molar-refractivity contribution < 1.29 is 9.84 Å². The third-order valence-electron chi connectivity index (χ3n) is 4.21. The lowest BCUT2D eigenvalue weighted by molar-refractivity contribution is -0.00525. The van der Waals surface area contributed by atoms with E-state index in [4.69, 9.17) is 4.74 Å². The van der Waals surface area contributed by atoms with Gasteiger partial charge in [-0.25, -0.2) is 0 Å². The molecule has 2 aromatic rings. The molecule has 1 N–H and O–H groups in total. The number of allylic oxidation sites excluding steroid dienone is 1. The van der Waals surface area contributed by atoms with E-state index in [2.05, 4.69) is 44.7 Å². The van der Waals surface area contributed by atoms with Gasteiger partial charge < -0.3 is 14.7 Å². The Morgan fingerprint density at radius 2 is 2.08 bits per heavy atom. The van der Waals surface area contributed by atoms with Crippen molar-refractivity contribution in [2.75, 3.05) is 18.0 Å². The van der Waals surface area contributed by atoms with E-state index in [1.54, 1.807) is 0 Å². The van der Waals surface area contributed by atoms with E-state index in [9.17, 15) is 5.11 Å². The van der Waals surface area contributed by atoms with Crippen LogP contribution in [0.15, 0.2) is 27.7 Å². The smallest absolute Gasteiger partial charge is 0.231 e. The Morgan fingerprint density at radius 1 is 1.32 bits per heavy atom. The van der Waals surface area contributed by atoms with Crippen LogP contribution in [0.3, 0.4) is 0 Å². The van der Waals surface area contributed by atoms with Crippen LogP contribution in [-0.4, -0.2) is 41.6 Å². The molecule has 0 amide bonds. The number of aromatic nitrogens is 1. The molecule has 2 aliphatic heterocycles. The Hall–Kier alpha value is -1.70. The van der Waals surface area contributed by atoms with Crippen LogP contribution in [-0.2, 0) is 4.74 Å². The second-order valence-electron chi connectivity index (χ2n) is 6.37. The Balaban J connectivity index is 1.64. The molecule has 0 bridgehead atoms. The summed E-state index contributed by atoms with van der Waals surface area (Å²) in [6.07, 6.45) is 4.09. The maximum atomic E-state index is 10.3. The predicted octanol–water partition coefficient (Wildman–Crippen LogP) is 4.48. The fraction of sp³-hybridized carbons (Fsp3) is 0.333. The normalized spacial score (nSPS) is 24.1. The summed E-state index contributed by atoms with van der Waals surface area (Å²) in [6.45, 7) is 5.68. The molecule has 5 nitrogen and oxygen atoms in total. The molecule has 1 aromatic heterocycles. The molecule has 4 rings (SSSR count). The van der Waals surface area contributed by atoms with Crippen molar-refractivity contribution in [2.45, 2.75) is 26.1 Å². The Bertz CT molecular complexity index is 867. The first-order valence-corrected chi connectivity index (χ1v) is 9.76. The molecule has 0 aliphatic carbocycles. The van der Waals surface area contributed by atoms with Crippen LogP contribution in [0.25, 0.3) is 11.6 Å². The van der Waals surface area contributed by atoms with Crippen molar-refractivity contribution in [1.82, 2.24) is 4.98 Å². The number of fused-ring (bicyclic) bond motifs is 1. The van der Waals surface area contributed by atoms with E-state index in [-0.39, 0.29) is 18.1 Å². The van der Waals surface area contributed by atoms with Gasteiger partial charge in [0.25, 0.3) is 0 Å². The summed E-state index contributed by atoms with van der Waals surface area (Å²) in [4.78, 5) is 11.7. The van der Waals surface area contributed by atoms with Crippen LogP contribution in [0.5, 0.6) is 5.88 Å². The van der Waals surface area contributed by atoms with Crippen LogP contribution in [0, 0.1) is 0 Å². The number of nitrogens with zero attached hydrogens (tertiary/aromatic N) is 3. The second-order valence-corrected chi connectivity index (χ2v) is 8.29. The number of hydrogen-bond donors (Lipinski definition) is 1. The summed E-state index contributed by atoms with van der Waals surface area (Å²) in [5.41, 5.74) is 2.97. The topological polar surface area (TPSA) is 58.0 Å². The number of anilines is 1. The number of halogens is 1. The fourth-order valence-electron chi connectivity index (χ4n) is 3.19. The van der Waals surface area contributed by atoms with Crippen LogP contribution < -0.4 is 4.90 Å². The first kappa shape index (κ1) is 16.8. The zero-order valence-electron chi connectivity index (χ0n) is 13.9.